The number of nitrogens with zero attached hydrogens (tertiary/aromatic N) is 1. The van der Waals surface area contributed by atoms with E-state index in [1.807, 2.05) is 11.8 Å². The van der Waals surface area contributed by atoms with E-state index in [2.05, 4.69) is 20.8 Å². The van der Waals surface area contributed by atoms with Crippen molar-refractivity contribution < 1.29 is 19.4 Å². The van der Waals surface area contributed by atoms with Gasteiger partial charge in [0, 0.05) is 36.9 Å². The van der Waals surface area contributed by atoms with Crippen LogP contribution in [0.15, 0.2) is 10.6 Å². The summed E-state index contributed by atoms with van der Waals surface area (Å²) < 4.78 is 5.44. The van der Waals surface area contributed by atoms with Gasteiger partial charge in [0.25, 0.3) is 0 Å². The van der Waals surface area contributed by atoms with Gasteiger partial charge in [-0.05, 0) is 31.1 Å². The lowest BCUT2D eigenvalue weighted by Crippen LogP contribution is -2.43. The molecule has 142 valence electrons. The number of ether oxygens (including phenoxy) is 1. The van der Waals surface area contributed by atoms with Gasteiger partial charge in [0.15, 0.2) is 0 Å². The fourth-order valence-corrected chi connectivity index (χ4v) is 4.97. The summed E-state index contributed by atoms with van der Waals surface area (Å²) in [6, 6.07) is 0.0857. The highest BCUT2D eigenvalue weighted by molar-refractivity contribution is 8.04. The molecule has 0 bridgehead atoms. The number of rotatable bonds is 5. The van der Waals surface area contributed by atoms with Gasteiger partial charge in [0.1, 0.15) is 4.91 Å². The SMILES string of the molecule is CCC(=O)N(C1=C(C(=O)O)SC(C(C)(C)C)C1)C1CCC(OC)CC1. The van der Waals surface area contributed by atoms with Crippen molar-refractivity contribution in [2.45, 2.75) is 83.6 Å². The van der Waals surface area contributed by atoms with Crippen LogP contribution in [-0.4, -0.2) is 46.4 Å². The number of carbonyl (C=O) groups excluding carboxylic acids is 1. The Morgan fingerprint density at radius 1 is 1.24 bits per heavy atom. The van der Waals surface area contributed by atoms with Crippen molar-refractivity contribution >= 4 is 23.6 Å². The summed E-state index contributed by atoms with van der Waals surface area (Å²) in [6.45, 7) is 8.23. The number of carbonyl (C=O) groups is 2. The third-order valence-corrected chi connectivity index (χ3v) is 7.07. The van der Waals surface area contributed by atoms with Crippen molar-refractivity contribution in [3.05, 3.63) is 10.6 Å². The molecule has 2 rings (SSSR count). The van der Waals surface area contributed by atoms with Crippen LogP contribution in [0.3, 0.4) is 0 Å². The van der Waals surface area contributed by atoms with Crippen LogP contribution >= 0.6 is 11.8 Å². The molecule has 0 aromatic heterocycles. The van der Waals surface area contributed by atoms with E-state index in [1.165, 1.54) is 11.8 Å². The summed E-state index contributed by atoms with van der Waals surface area (Å²) in [7, 11) is 1.73. The minimum absolute atomic E-state index is 0.0121. The van der Waals surface area contributed by atoms with Crippen LogP contribution in [0, 0.1) is 5.41 Å². The predicted octanol–water partition coefficient (Wildman–Crippen LogP) is 4.03. The van der Waals surface area contributed by atoms with Crippen molar-refractivity contribution in [2.24, 2.45) is 5.41 Å². The lowest BCUT2D eigenvalue weighted by molar-refractivity contribution is -0.133. The molecular formula is C19H31NO4S. The first-order chi connectivity index (χ1) is 11.7. The topological polar surface area (TPSA) is 66.8 Å². The smallest absolute Gasteiger partial charge is 0.343 e. The lowest BCUT2D eigenvalue weighted by Gasteiger charge is -2.38. The number of allylic oxidation sites excluding steroid dienone is 1. The molecule has 1 fully saturated rings. The second-order valence-corrected chi connectivity index (χ2v) is 9.25. The summed E-state index contributed by atoms with van der Waals surface area (Å²) in [6.07, 6.45) is 4.86. The third kappa shape index (κ3) is 4.59. The first-order valence-corrected chi connectivity index (χ1v) is 10.0. The first kappa shape index (κ1) is 20.3. The van der Waals surface area contributed by atoms with E-state index in [-0.39, 0.29) is 28.7 Å². The molecule has 0 spiro atoms. The fraction of sp³-hybridized carbons (Fsp3) is 0.789. The molecule has 0 aromatic carbocycles. The molecule has 1 saturated carbocycles. The van der Waals surface area contributed by atoms with E-state index in [0.717, 1.165) is 31.4 Å². The van der Waals surface area contributed by atoms with Gasteiger partial charge in [-0.1, -0.05) is 27.7 Å². The van der Waals surface area contributed by atoms with E-state index >= 15 is 0 Å². The second kappa shape index (κ2) is 8.12. The highest BCUT2D eigenvalue weighted by Crippen LogP contribution is 2.48. The van der Waals surface area contributed by atoms with Crippen LogP contribution in [0.1, 0.15) is 66.2 Å². The minimum atomic E-state index is -0.911. The zero-order chi connectivity index (χ0) is 18.8. The van der Waals surface area contributed by atoms with E-state index < -0.39 is 5.97 Å². The largest absolute Gasteiger partial charge is 0.477 e. The van der Waals surface area contributed by atoms with E-state index in [9.17, 15) is 14.7 Å². The van der Waals surface area contributed by atoms with E-state index in [4.69, 9.17) is 4.74 Å². The van der Waals surface area contributed by atoms with Crippen LogP contribution in [0.5, 0.6) is 0 Å². The molecule has 1 aliphatic carbocycles. The summed E-state index contributed by atoms with van der Waals surface area (Å²) in [4.78, 5) is 26.8. The number of hydrogen-bond acceptors (Lipinski definition) is 4. The Balaban J connectivity index is 2.31. The van der Waals surface area contributed by atoms with Crippen LogP contribution in [0.2, 0.25) is 0 Å². The van der Waals surface area contributed by atoms with Crippen LogP contribution in [0.25, 0.3) is 0 Å². The van der Waals surface area contributed by atoms with Gasteiger partial charge in [0.2, 0.25) is 5.91 Å². The standard InChI is InChI=1S/C19H31NO4S/c1-6-16(21)20(12-7-9-13(24-5)10-8-12)14-11-15(19(2,3)4)25-17(14)18(22)23/h12-13,15H,6-11H2,1-5H3,(H,22,23). The first-order valence-electron chi connectivity index (χ1n) is 9.17. The summed E-state index contributed by atoms with van der Waals surface area (Å²) in [5.74, 6) is -0.879. The third-order valence-electron chi connectivity index (χ3n) is 5.27. The Morgan fingerprint density at radius 2 is 1.84 bits per heavy atom. The summed E-state index contributed by atoms with van der Waals surface area (Å²) in [5.41, 5.74) is 0.715. The van der Waals surface area contributed by atoms with Gasteiger partial charge < -0.3 is 14.7 Å². The van der Waals surface area contributed by atoms with Gasteiger partial charge in [-0.3, -0.25) is 4.79 Å². The van der Waals surface area contributed by atoms with E-state index in [1.54, 1.807) is 7.11 Å². The van der Waals surface area contributed by atoms with Crippen LogP contribution < -0.4 is 0 Å². The zero-order valence-corrected chi connectivity index (χ0v) is 16.8. The van der Waals surface area contributed by atoms with Gasteiger partial charge in [0.05, 0.1) is 6.10 Å². The molecule has 25 heavy (non-hydrogen) atoms. The van der Waals surface area contributed by atoms with Crippen molar-refractivity contribution in [3.63, 3.8) is 0 Å². The Labute approximate surface area is 155 Å². The van der Waals surface area contributed by atoms with Crippen molar-refractivity contribution in [1.82, 2.24) is 4.90 Å². The molecular weight excluding hydrogens is 338 g/mol. The van der Waals surface area contributed by atoms with Crippen LogP contribution in [0.4, 0.5) is 0 Å². The molecule has 1 amide bonds. The monoisotopic (exact) mass is 369 g/mol. The van der Waals surface area contributed by atoms with E-state index in [0.29, 0.717) is 17.7 Å². The highest BCUT2D eigenvalue weighted by atomic mass is 32.2. The lowest BCUT2D eigenvalue weighted by atomic mass is 9.87. The number of methoxy groups -OCH3 is 1. The second-order valence-electron chi connectivity index (χ2n) is 8.04. The molecule has 1 heterocycles. The Hall–Kier alpha value is -1.01. The number of carboxylic acid groups (broad SMARTS) is 1. The van der Waals surface area contributed by atoms with Crippen molar-refractivity contribution in [1.29, 1.82) is 0 Å². The maximum Gasteiger partial charge on any atom is 0.343 e. The van der Waals surface area contributed by atoms with Crippen molar-refractivity contribution in [3.8, 4) is 0 Å². The molecule has 1 aliphatic heterocycles. The van der Waals surface area contributed by atoms with Crippen molar-refractivity contribution in [2.75, 3.05) is 7.11 Å². The number of amides is 1. The predicted molar refractivity (Wildman–Crippen MR) is 100 cm³/mol. The normalized spacial score (nSPS) is 27.5. The maximum absolute atomic E-state index is 12.7. The summed E-state index contributed by atoms with van der Waals surface area (Å²) >= 11 is 1.42. The average molecular weight is 370 g/mol. The minimum Gasteiger partial charge on any atom is -0.477 e. The molecule has 1 atom stereocenters. The number of hydrogen-bond donors (Lipinski definition) is 1. The molecule has 6 heteroatoms. The fourth-order valence-electron chi connectivity index (χ4n) is 3.67. The molecule has 1 unspecified atom stereocenters. The zero-order valence-electron chi connectivity index (χ0n) is 16.0. The Kier molecular flexibility index (Phi) is 6.60. The number of carboxylic acids is 1. The summed E-state index contributed by atoms with van der Waals surface area (Å²) in [5, 5.41) is 9.89. The Morgan fingerprint density at radius 3 is 2.28 bits per heavy atom. The molecule has 2 aliphatic rings. The molecule has 0 aromatic rings. The molecule has 1 N–H and O–H groups in total. The number of thioether (sulfide) groups is 1. The molecule has 0 radical (unpaired) electrons. The Bertz CT molecular complexity index is 544. The molecule has 0 saturated heterocycles. The number of aliphatic carboxylic acids is 1. The maximum atomic E-state index is 12.7. The highest BCUT2D eigenvalue weighted by Gasteiger charge is 2.41. The van der Waals surface area contributed by atoms with Gasteiger partial charge >= 0.3 is 5.97 Å². The van der Waals surface area contributed by atoms with Crippen LogP contribution in [-0.2, 0) is 14.3 Å². The average Bonchev–Trinajstić information content (AvgIpc) is 3.01. The van der Waals surface area contributed by atoms with Gasteiger partial charge in [-0.2, -0.15) is 0 Å². The van der Waals surface area contributed by atoms with Gasteiger partial charge in [-0.15, -0.1) is 11.8 Å². The van der Waals surface area contributed by atoms with Gasteiger partial charge in [-0.25, -0.2) is 4.79 Å². The molecule has 5 nitrogen and oxygen atoms in total. The quantitative estimate of drug-likeness (QED) is 0.792.